The van der Waals surface area contributed by atoms with E-state index >= 15 is 0 Å². The first-order valence-electron chi connectivity index (χ1n) is 13.1. The number of benzene rings is 1. The number of nitrogens with zero attached hydrogens (tertiary/aromatic N) is 2. The molecule has 0 radical (unpaired) electrons. The predicted octanol–water partition coefficient (Wildman–Crippen LogP) is 6.32. The van der Waals surface area contributed by atoms with E-state index < -0.39 is 5.97 Å². The van der Waals surface area contributed by atoms with Crippen molar-refractivity contribution in [2.45, 2.75) is 62.8 Å². The zero-order valence-corrected chi connectivity index (χ0v) is 23.3. The number of thiophene rings is 1. The Kier molecular flexibility index (Phi) is 8.15. The van der Waals surface area contributed by atoms with E-state index in [1.165, 1.54) is 41.3 Å². The number of aromatic nitrogens is 1. The first-order chi connectivity index (χ1) is 18.5. The van der Waals surface area contributed by atoms with Crippen molar-refractivity contribution < 1.29 is 14.3 Å². The highest BCUT2D eigenvalue weighted by Crippen LogP contribution is 2.43. The summed E-state index contributed by atoms with van der Waals surface area (Å²) < 4.78 is 5.08. The second-order valence-electron chi connectivity index (χ2n) is 10.1. The van der Waals surface area contributed by atoms with Crippen LogP contribution in [-0.4, -0.2) is 29.7 Å². The molecule has 2 aliphatic carbocycles. The fourth-order valence-electron chi connectivity index (χ4n) is 5.45. The highest BCUT2D eigenvalue weighted by Gasteiger charge is 2.30. The van der Waals surface area contributed by atoms with Gasteiger partial charge in [0, 0.05) is 22.7 Å². The Labute approximate surface area is 231 Å². The van der Waals surface area contributed by atoms with Crippen LogP contribution in [0.3, 0.4) is 0 Å². The van der Waals surface area contributed by atoms with E-state index in [1.807, 2.05) is 12.1 Å². The molecule has 0 saturated heterocycles. The molecule has 2 aliphatic rings. The summed E-state index contributed by atoms with van der Waals surface area (Å²) in [7, 11) is 1.38. The molecule has 6 nitrogen and oxygen atoms in total. The molecular formula is C30H31N3O3S2. The number of anilines is 1. The van der Waals surface area contributed by atoms with Crippen LogP contribution < -0.4 is 5.32 Å². The van der Waals surface area contributed by atoms with Gasteiger partial charge < -0.3 is 10.1 Å². The molecule has 0 spiro atoms. The van der Waals surface area contributed by atoms with E-state index in [0.29, 0.717) is 38.7 Å². The second-order valence-corrected chi connectivity index (χ2v) is 12.3. The van der Waals surface area contributed by atoms with Crippen LogP contribution in [0, 0.1) is 17.2 Å². The fourth-order valence-corrected chi connectivity index (χ4v) is 7.70. The molecule has 2 heterocycles. The quantitative estimate of drug-likeness (QED) is 0.276. The van der Waals surface area contributed by atoms with Crippen molar-refractivity contribution in [3.05, 3.63) is 74.8 Å². The van der Waals surface area contributed by atoms with Gasteiger partial charge in [-0.05, 0) is 73.1 Å². The Bertz CT molecular complexity index is 1390. The highest BCUT2D eigenvalue weighted by molar-refractivity contribution is 7.99. The van der Waals surface area contributed by atoms with Crippen molar-refractivity contribution in [2.75, 3.05) is 18.2 Å². The van der Waals surface area contributed by atoms with Crippen LogP contribution in [0.2, 0.25) is 0 Å². The monoisotopic (exact) mass is 545 g/mol. The van der Waals surface area contributed by atoms with Crippen LogP contribution in [-0.2, 0) is 35.2 Å². The molecule has 38 heavy (non-hydrogen) atoms. The summed E-state index contributed by atoms with van der Waals surface area (Å²) in [6.07, 6.45) is 5.83. The Morgan fingerprint density at radius 3 is 2.79 bits per heavy atom. The molecule has 2 aromatic heterocycles. The number of nitrogens with one attached hydrogen (secondary N) is 1. The van der Waals surface area contributed by atoms with Crippen molar-refractivity contribution >= 4 is 40.0 Å². The SMILES string of the molecule is COC(=O)c1c(NC(=O)CCSc2nc3c(cc2C#N)CC(C)CC3)sc2c1CCC(c1ccccc1)C2. The van der Waals surface area contributed by atoms with Gasteiger partial charge in [-0.15, -0.1) is 23.1 Å². The van der Waals surface area contributed by atoms with Crippen molar-refractivity contribution in [1.29, 1.82) is 5.26 Å². The average molecular weight is 546 g/mol. The third-order valence-electron chi connectivity index (χ3n) is 7.47. The van der Waals surface area contributed by atoms with E-state index in [-0.39, 0.29) is 12.3 Å². The maximum Gasteiger partial charge on any atom is 0.341 e. The lowest BCUT2D eigenvalue weighted by Crippen LogP contribution is -2.16. The molecule has 3 aromatic rings. The number of esters is 1. The number of carbonyl (C=O) groups excluding carboxylic acids is 2. The molecule has 5 rings (SSSR count). The molecule has 0 fully saturated rings. The Morgan fingerprint density at radius 1 is 1.21 bits per heavy atom. The number of aryl methyl sites for hydroxylation is 1. The maximum atomic E-state index is 12.9. The Morgan fingerprint density at radius 2 is 2.03 bits per heavy atom. The van der Waals surface area contributed by atoms with Crippen LogP contribution in [0.15, 0.2) is 41.4 Å². The molecule has 2 atom stereocenters. The lowest BCUT2D eigenvalue weighted by Gasteiger charge is -2.22. The number of carbonyl (C=O) groups is 2. The third kappa shape index (κ3) is 5.64. The Balaban J connectivity index is 1.26. The summed E-state index contributed by atoms with van der Waals surface area (Å²) in [5, 5.41) is 13.9. The number of thioether (sulfide) groups is 1. The summed E-state index contributed by atoms with van der Waals surface area (Å²) in [6.45, 7) is 2.23. The summed E-state index contributed by atoms with van der Waals surface area (Å²) in [6, 6.07) is 14.7. The van der Waals surface area contributed by atoms with E-state index in [9.17, 15) is 14.9 Å². The van der Waals surface area contributed by atoms with Gasteiger partial charge in [-0.3, -0.25) is 4.79 Å². The topological polar surface area (TPSA) is 92.1 Å². The number of ether oxygens (including phenoxy) is 1. The number of amides is 1. The number of nitriles is 1. The van der Waals surface area contributed by atoms with Crippen molar-refractivity contribution in [2.24, 2.45) is 5.92 Å². The van der Waals surface area contributed by atoms with Crippen LogP contribution in [0.25, 0.3) is 0 Å². The molecule has 0 aliphatic heterocycles. The molecule has 1 amide bonds. The van der Waals surface area contributed by atoms with E-state index in [2.05, 4.69) is 42.6 Å². The minimum Gasteiger partial charge on any atom is -0.465 e. The van der Waals surface area contributed by atoms with Gasteiger partial charge in [-0.1, -0.05) is 37.3 Å². The van der Waals surface area contributed by atoms with Crippen LogP contribution in [0.4, 0.5) is 5.00 Å². The van der Waals surface area contributed by atoms with Gasteiger partial charge in [0.15, 0.2) is 0 Å². The smallest absolute Gasteiger partial charge is 0.341 e. The fraction of sp³-hybridized carbons (Fsp3) is 0.400. The minimum absolute atomic E-state index is 0.161. The number of fused-ring (bicyclic) bond motifs is 2. The van der Waals surface area contributed by atoms with Gasteiger partial charge in [-0.2, -0.15) is 5.26 Å². The second kappa shape index (κ2) is 11.7. The van der Waals surface area contributed by atoms with Gasteiger partial charge in [0.05, 0.1) is 18.2 Å². The molecule has 0 saturated carbocycles. The summed E-state index contributed by atoms with van der Waals surface area (Å²) >= 11 is 2.93. The van der Waals surface area contributed by atoms with Crippen LogP contribution in [0.1, 0.15) is 75.3 Å². The summed E-state index contributed by atoms with van der Waals surface area (Å²) in [5.41, 5.74) is 5.64. The summed E-state index contributed by atoms with van der Waals surface area (Å²) in [5.74, 6) is 0.939. The number of hydrogen-bond acceptors (Lipinski definition) is 7. The number of hydrogen-bond donors (Lipinski definition) is 1. The van der Waals surface area contributed by atoms with Crippen molar-refractivity contribution in [3.63, 3.8) is 0 Å². The van der Waals surface area contributed by atoms with Gasteiger partial charge >= 0.3 is 5.97 Å². The van der Waals surface area contributed by atoms with Gasteiger partial charge in [0.2, 0.25) is 5.91 Å². The summed E-state index contributed by atoms with van der Waals surface area (Å²) in [4.78, 5) is 31.5. The number of methoxy groups -OCH3 is 1. The van der Waals surface area contributed by atoms with Crippen molar-refractivity contribution in [3.8, 4) is 6.07 Å². The zero-order chi connectivity index (χ0) is 26.6. The molecule has 1 aromatic carbocycles. The number of rotatable bonds is 7. The first-order valence-corrected chi connectivity index (χ1v) is 14.9. The largest absolute Gasteiger partial charge is 0.465 e. The highest BCUT2D eigenvalue weighted by atomic mass is 32.2. The number of pyridine rings is 1. The lowest BCUT2D eigenvalue weighted by molar-refractivity contribution is -0.115. The molecular weight excluding hydrogens is 514 g/mol. The third-order valence-corrected chi connectivity index (χ3v) is 9.63. The maximum absolute atomic E-state index is 12.9. The van der Waals surface area contributed by atoms with E-state index in [1.54, 1.807) is 0 Å². The minimum atomic E-state index is -0.406. The normalized spacial score (nSPS) is 18.1. The van der Waals surface area contributed by atoms with Gasteiger partial charge in [0.25, 0.3) is 0 Å². The zero-order valence-electron chi connectivity index (χ0n) is 21.7. The van der Waals surface area contributed by atoms with Gasteiger partial charge in [0.1, 0.15) is 16.1 Å². The molecule has 1 N–H and O–H groups in total. The predicted molar refractivity (Wildman–Crippen MR) is 151 cm³/mol. The lowest BCUT2D eigenvalue weighted by atomic mass is 9.83. The van der Waals surface area contributed by atoms with Crippen LogP contribution >= 0.6 is 23.1 Å². The first kappa shape index (κ1) is 26.5. The molecule has 8 heteroatoms. The van der Waals surface area contributed by atoms with Crippen molar-refractivity contribution in [1.82, 2.24) is 4.98 Å². The molecule has 196 valence electrons. The standard InChI is InChI=1S/C30H31N3O3S2/c1-18-8-11-24-21(14-18)15-22(17-31)28(32-24)37-13-12-26(34)33-29-27(30(35)36-2)23-10-9-20(16-25(23)38-29)19-6-4-3-5-7-19/h3-7,15,18,20H,8-14,16H2,1-2H3,(H,33,34). The van der Waals surface area contributed by atoms with Gasteiger partial charge in [-0.25, -0.2) is 9.78 Å². The van der Waals surface area contributed by atoms with Crippen LogP contribution in [0.5, 0.6) is 0 Å². The average Bonchev–Trinajstić information content (AvgIpc) is 3.29. The van der Waals surface area contributed by atoms with E-state index in [4.69, 9.17) is 9.72 Å². The molecule has 2 unspecified atom stereocenters. The Hall–Kier alpha value is -3.15. The molecule has 0 bridgehead atoms. The van der Waals surface area contributed by atoms with E-state index in [0.717, 1.165) is 54.7 Å².